The Bertz CT molecular complexity index is 496. The highest BCUT2D eigenvalue weighted by Crippen LogP contribution is 2.16. The number of phenols is 1. The third kappa shape index (κ3) is 3.81. The van der Waals surface area contributed by atoms with Gasteiger partial charge >= 0.3 is 0 Å². The smallest absolute Gasteiger partial charge is 0.115 e. The SMILES string of the molecule is C[C@H](NCc1ccc(O)cc1)[C@H](O)c1ccccc1. The molecule has 19 heavy (non-hydrogen) atoms. The Morgan fingerprint density at radius 2 is 1.63 bits per heavy atom. The van der Waals surface area contributed by atoms with Crippen LogP contribution in [0.25, 0.3) is 0 Å². The molecular weight excluding hydrogens is 238 g/mol. The molecule has 2 aromatic rings. The van der Waals surface area contributed by atoms with Crippen molar-refractivity contribution in [3.05, 3.63) is 65.7 Å². The maximum atomic E-state index is 10.2. The van der Waals surface area contributed by atoms with E-state index in [0.717, 1.165) is 11.1 Å². The summed E-state index contributed by atoms with van der Waals surface area (Å²) >= 11 is 0. The number of aliphatic hydroxyl groups excluding tert-OH is 1. The lowest BCUT2D eigenvalue weighted by atomic mass is 10.0. The van der Waals surface area contributed by atoms with Crippen LogP contribution in [0, 0.1) is 0 Å². The van der Waals surface area contributed by atoms with Gasteiger partial charge in [-0.1, -0.05) is 42.5 Å². The minimum Gasteiger partial charge on any atom is -0.508 e. The number of phenolic OH excluding ortho intramolecular Hbond substituents is 1. The number of aliphatic hydroxyl groups is 1. The van der Waals surface area contributed by atoms with Crippen molar-refractivity contribution >= 4 is 0 Å². The Balaban J connectivity index is 1.90. The zero-order valence-corrected chi connectivity index (χ0v) is 11.0. The first-order chi connectivity index (χ1) is 9.16. The van der Waals surface area contributed by atoms with E-state index in [1.807, 2.05) is 49.4 Å². The molecule has 0 heterocycles. The fourth-order valence-corrected chi connectivity index (χ4v) is 1.94. The van der Waals surface area contributed by atoms with Crippen molar-refractivity contribution in [2.45, 2.75) is 25.6 Å². The predicted octanol–water partition coefficient (Wildman–Crippen LogP) is 2.60. The normalized spacial score (nSPS) is 14.0. The van der Waals surface area contributed by atoms with Gasteiger partial charge in [0, 0.05) is 12.6 Å². The molecule has 0 spiro atoms. The third-order valence-corrected chi connectivity index (χ3v) is 3.18. The Hall–Kier alpha value is -1.84. The van der Waals surface area contributed by atoms with E-state index in [-0.39, 0.29) is 11.8 Å². The Labute approximate surface area is 113 Å². The van der Waals surface area contributed by atoms with Crippen LogP contribution in [-0.4, -0.2) is 16.3 Å². The number of rotatable bonds is 5. The Kier molecular flexibility index (Phi) is 4.55. The van der Waals surface area contributed by atoms with Crippen LogP contribution in [0.1, 0.15) is 24.2 Å². The van der Waals surface area contributed by atoms with Crippen LogP contribution in [-0.2, 0) is 6.54 Å². The molecule has 3 nitrogen and oxygen atoms in total. The van der Waals surface area contributed by atoms with Crippen LogP contribution in [0.15, 0.2) is 54.6 Å². The summed E-state index contributed by atoms with van der Waals surface area (Å²) in [6.45, 7) is 2.61. The predicted molar refractivity (Wildman–Crippen MR) is 75.8 cm³/mol. The molecule has 0 radical (unpaired) electrons. The van der Waals surface area contributed by atoms with Crippen LogP contribution in [0.3, 0.4) is 0 Å². The van der Waals surface area contributed by atoms with Crippen LogP contribution in [0.5, 0.6) is 5.75 Å². The summed E-state index contributed by atoms with van der Waals surface area (Å²) in [5.74, 6) is 0.265. The number of benzene rings is 2. The standard InChI is InChI=1S/C16H19NO2/c1-12(16(19)14-5-3-2-4-6-14)17-11-13-7-9-15(18)10-8-13/h2-10,12,16-19H,11H2,1H3/t12-,16-/m0/s1. The molecule has 2 rings (SSSR count). The first-order valence-electron chi connectivity index (χ1n) is 6.41. The molecule has 0 saturated carbocycles. The van der Waals surface area contributed by atoms with Gasteiger partial charge in [-0.05, 0) is 30.2 Å². The van der Waals surface area contributed by atoms with Gasteiger partial charge in [0.15, 0.2) is 0 Å². The number of aromatic hydroxyl groups is 1. The van der Waals surface area contributed by atoms with E-state index in [0.29, 0.717) is 6.54 Å². The van der Waals surface area contributed by atoms with Crippen molar-refractivity contribution in [3.63, 3.8) is 0 Å². The zero-order valence-electron chi connectivity index (χ0n) is 11.0. The first-order valence-corrected chi connectivity index (χ1v) is 6.41. The molecule has 100 valence electrons. The monoisotopic (exact) mass is 257 g/mol. The number of hydrogen-bond acceptors (Lipinski definition) is 3. The summed E-state index contributed by atoms with van der Waals surface area (Å²) in [5, 5.41) is 22.7. The van der Waals surface area contributed by atoms with E-state index in [1.54, 1.807) is 12.1 Å². The quantitative estimate of drug-likeness (QED) is 0.771. The van der Waals surface area contributed by atoms with Gasteiger partial charge in [-0.15, -0.1) is 0 Å². The van der Waals surface area contributed by atoms with Gasteiger partial charge in [0.1, 0.15) is 5.75 Å². The van der Waals surface area contributed by atoms with Crippen molar-refractivity contribution in [1.29, 1.82) is 0 Å². The molecule has 0 fully saturated rings. The maximum Gasteiger partial charge on any atom is 0.115 e. The minimum absolute atomic E-state index is 0.0452. The second kappa shape index (κ2) is 6.36. The van der Waals surface area contributed by atoms with Gasteiger partial charge in [0.05, 0.1) is 6.10 Å². The van der Waals surface area contributed by atoms with E-state index in [2.05, 4.69) is 5.32 Å². The summed E-state index contributed by atoms with van der Waals surface area (Å²) in [7, 11) is 0. The Morgan fingerprint density at radius 1 is 1.00 bits per heavy atom. The van der Waals surface area contributed by atoms with Crippen molar-refractivity contribution in [1.82, 2.24) is 5.32 Å². The largest absolute Gasteiger partial charge is 0.508 e. The topological polar surface area (TPSA) is 52.5 Å². The van der Waals surface area contributed by atoms with Crippen LogP contribution in [0.4, 0.5) is 0 Å². The van der Waals surface area contributed by atoms with Crippen molar-refractivity contribution < 1.29 is 10.2 Å². The van der Waals surface area contributed by atoms with E-state index in [4.69, 9.17) is 0 Å². The minimum atomic E-state index is -0.529. The molecule has 3 N–H and O–H groups in total. The average molecular weight is 257 g/mol. The molecule has 2 atom stereocenters. The van der Waals surface area contributed by atoms with Gasteiger partial charge < -0.3 is 15.5 Å². The summed E-state index contributed by atoms with van der Waals surface area (Å²) < 4.78 is 0. The number of hydrogen-bond donors (Lipinski definition) is 3. The summed E-state index contributed by atoms with van der Waals surface area (Å²) in [4.78, 5) is 0. The molecule has 0 aliphatic heterocycles. The highest BCUT2D eigenvalue weighted by atomic mass is 16.3. The van der Waals surface area contributed by atoms with Crippen molar-refractivity contribution in [3.8, 4) is 5.75 Å². The summed E-state index contributed by atoms with van der Waals surface area (Å²) in [6.07, 6.45) is -0.529. The lowest BCUT2D eigenvalue weighted by Crippen LogP contribution is -2.31. The molecule has 0 bridgehead atoms. The molecule has 0 amide bonds. The molecule has 0 saturated heterocycles. The molecule has 0 aliphatic carbocycles. The second-order valence-electron chi connectivity index (χ2n) is 4.69. The van der Waals surface area contributed by atoms with Crippen LogP contribution < -0.4 is 5.32 Å². The van der Waals surface area contributed by atoms with Gasteiger partial charge in [-0.2, -0.15) is 0 Å². The van der Waals surface area contributed by atoms with Crippen molar-refractivity contribution in [2.24, 2.45) is 0 Å². The molecule has 3 heteroatoms. The highest BCUT2D eigenvalue weighted by molar-refractivity contribution is 5.26. The average Bonchev–Trinajstić information content (AvgIpc) is 2.46. The fourth-order valence-electron chi connectivity index (χ4n) is 1.94. The van der Waals surface area contributed by atoms with Gasteiger partial charge in [0.25, 0.3) is 0 Å². The van der Waals surface area contributed by atoms with E-state index < -0.39 is 6.10 Å². The lowest BCUT2D eigenvalue weighted by molar-refractivity contribution is 0.135. The van der Waals surface area contributed by atoms with Crippen LogP contribution in [0.2, 0.25) is 0 Å². The molecule has 2 aromatic carbocycles. The van der Waals surface area contributed by atoms with E-state index in [9.17, 15) is 10.2 Å². The number of nitrogens with one attached hydrogen (secondary N) is 1. The van der Waals surface area contributed by atoms with Crippen molar-refractivity contribution in [2.75, 3.05) is 0 Å². The highest BCUT2D eigenvalue weighted by Gasteiger charge is 2.15. The summed E-state index contributed by atoms with van der Waals surface area (Å²) in [5.41, 5.74) is 1.98. The van der Waals surface area contributed by atoms with E-state index >= 15 is 0 Å². The molecule has 0 aromatic heterocycles. The summed E-state index contributed by atoms with van der Waals surface area (Å²) in [6, 6.07) is 16.6. The molecular formula is C16H19NO2. The van der Waals surface area contributed by atoms with Gasteiger partial charge in [0.2, 0.25) is 0 Å². The first kappa shape index (κ1) is 13.6. The van der Waals surface area contributed by atoms with Gasteiger partial charge in [-0.25, -0.2) is 0 Å². The molecule has 0 aliphatic rings. The second-order valence-corrected chi connectivity index (χ2v) is 4.69. The Morgan fingerprint density at radius 3 is 2.26 bits per heavy atom. The van der Waals surface area contributed by atoms with Gasteiger partial charge in [-0.3, -0.25) is 0 Å². The fraction of sp³-hybridized carbons (Fsp3) is 0.250. The maximum absolute atomic E-state index is 10.2. The third-order valence-electron chi connectivity index (χ3n) is 3.18. The zero-order chi connectivity index (χ0) is 13.7. The van der Waals surface area contributed by atoms with E-state index in [1.165, 1.54) is 0 Å². The molecule has 0 unspecified atom stereocenters. The lowest BCUT2D eigenvalue weighted by Gasteiger charge is -2.20. The van der Waals surface area contributed by atoms with Crippen LogP contribution >= 0.6 is 0 Å².